The largest absolute Gasteiger partial charge is 0.393 e. The molecule has 0 amide bonds. The van der Waals surface area contributed by atoms with Crippen molar-refractivity contribution in [1.82, 2.24) is 9.55 Å². The molecule has 5 rings (SSSR count). The molecule has 3 saturated carbocycles. The predicted octanol–water partition coefficient (Wildman–Crippen LogP) is 4.96. The van der Waals surface area contributed by atoms with Crippen molar-refractivity contribution in [2.45, 2.75) is 89.0 Å². The van der Waals surface area contributed by atoms with Crippen LogP contribution in [-0.2, 0) is 7.05 Å². The molecular formula is C25H38N2O2S. The van der Waals surface area contributed by atoms with Gasteiger partial charge in [0.1, 0.15) is 0 Å². The zero-order valence-corrected chi connectivity index (χ0v) is 19.6. The van der Waals surface area contributed by atoms with E-state index in [2.05, 4.69) is 36.5 Å². The molecule has 3 unspecified atom stereocenters. The number of thioether (sulfide) groups is 1. The minimum atomic E-state index is -0.157. The molecular weight excluding hydrogens is 392 g/mol. The summed E-state index contributed by atoms with van der Waals surface area (Å²) in [7, 11) is 2.06. The zero-order valence-electron chi connectivity index (χ0n) is 18.8. The van der Waals surface area contributed by atoms with Crippen molar-refractivity contribution in [3.8, 4) is 0 Å². The lowest BCUT2D eigenvalue weighted by atomic mass is 9.42. The number of aromatic nitrogens is 2. The van der Waals surface area contributed by atoms with E-state index in [9.17, 15) is 10.2 Å². The van der Waals surface area contributed by atoms with Crippen LogP contribution < -0.4 is 0 Å². The summed E-state index contributed by atoms with van der Waals surface area (Å²) in [5, 5.41) is 22.5. The fraction of sp³-hybridized carbons (Fsp3) is 0.800. The lowest BCUT2D eigenvalue weighted by Crippen LogP contribution is -2.55. The van der Waals surface area contributed by atoms with Gasteiger partial charge in [-0.1, -0.05) is 37.3 Å². The van der Waals surface area contributed by atoms with Crippen LogP contribution in [0.5, 0.6) is 0 Å². The first-order chi connectivity index (χ1) is 14.3. The molecule has 1 heterocycles. The molecule has 0 spiro atoms. The van der Waals surface area contributed by atoms with E-state index >= 15 is 0 Å². The summed E-state index contributed by atoms with van der Waals surface area (Å²) in [6, 6.07) is 0. The number of aliphatic hydroxyl groups is 2. The topological polar surface area (TPSA) is 58.3 Å². The van der Waals surface area contributed by atoms with Gasteiger partial charge in [0.2, 0.25) is 0 Å². The minimum Gasteiger partial charge on any atom is -0.393 e. The third-order valence-electron chi connectivity index (χ3n) is 9.94. The first-order valence-electron chi connectivity index (χ1n) is 12.0. The third-order valence-corrected chi connectivity index (χ3v) is 11.0. The molecule has 4 aliphatic rings. The summed E-state index contributed by atoms with van der Waals surface area (Å²) >= 11 is 1.86. The standard InChI is InChI=1S/C25H38N2O2S/c1-23-9-8-20-18(19(23)4-5-21(23)29)7-11-25(16-17(28)6-10-24(20,25)2)12-15-30-22-26-13-14-27(22)3/h8,13-14,17-19,21,28-29H,4-7,9-12,15-16H2,1-3H3/t17?,18-,19-,21?,23-,24+,25?/m0/s1. The summed E-state index contributed by atoms with van der Waals surface area (Å²) in [5.41, 5.74) is 2.15. The predicted molar refractivity (Wildman–Crippen MR) is 121 cm³/mol. The molecule has 5 heteroatoms. The highest BCUT2D eigenvalue weighted by Crippen LogP contribution is 2.69. The number of imidazole rings is 1. The Morgan fingerprint density at radius 3 is 2.77 bits per heavy atom. The summed E-state index contributed by atoms with van der Waals surface area (Å²) in [6.07, 6.45) is 15.9. The summed E-state index contributed by atoms with van der Waals surface area (Å²) in [5.74, 6) is 2.33. The highest BCUT2D eigenvalue weighted by Gasteiger charge is 2.61. The van der Waals surface area contributed by atoms with E-state index in [0.29, 0.717) is 11.8 Å². The molecule has 4 aliphatic carbocycles. The van der Waals surface area contributed by atoms with Crippen LogP contribution in [-0.4, -0.2) is 37.7 Å². The second-order valence-electron chi connectivity index (χ2n) is 11.1. The van der Waals surface area contributed by atoms with Crippen LogP contribution in [0.2, 0.25) is 0 Å². The number of rotatable bonds is 4. The molecule has 166 valence electrons. The molecule has 2 N–H and O–H groups in total. The maximum Gasteiger partial charge on any atom is 0.167 e. The quantitative estimate of drug-likeness (QED) is 0.524. The maximum atomic E-state index is 10.7. The van der Waals surface area contributed by atoms with E-state index in [1.54, 1.807) is 5.57 Å². The molecule has 0 aromatic carbocycles. The number of hydrogen-bond acceptors (Lipinski definition) is 4. The van der Waals surface area contributed by atoms with E-state index in [-0.39, 0.29) is 28.5 Å². The summed E-state index contributed by atoms with van der Waals surface area (Å²) < 4.78 is 2.10. The van der Waals surface area contributed by atoms with Crippen LogP contribution in [0.25, 0.3) is 0 Å². The van der Waals surface area contributed by atoms with Gasteiger partial charge in [0.05, 0.1) is 12.2 Å². The molecule has 0 radical (unpaired) electrons. The molecule has 3 fully saturated rings. The molecule has 30 heavy (non-hydrogen) atoms. The second-order valence-corrected chi connectivity index (χ2v) is 12.2. The Morgan fingerprint density at radius 2 is 2.00 bits per heavy atom. The van der Waals surface area contributed by atoms with Crippen molar-refractivity contribution in [1.29, 1.82) is 0 Å². The van der Waals surface area contributed by atoms with Crippen molar-refractivity contribution < 1.29 is 10.2 Å². The van der Waals surface area contributed by atoms with Crippen LogP contribution >= 0.6 is 11.8 Å². The fourth-order valence-electron chi connectivity index (χ4n) is 7.97. The van der Waals surface area contributed by atoms with Crippen LogP contribution in [0.4, 0.5) is 0 Å². The van der Waals surface area contributed by atoms with E-state index in [1.165, 1.54) is 19.3 Å². The fourth-order valence-corrected chi connectivity index (χ4v) is 9.05. The molecule has 7 atom stereocenters. The van der Waals surface area contributed by atoms with E-state index < -0.39 is 0 Å². The van der Waals surface area contributed by atoms with Gasteiger partial charge in [0.15, 0.2) is 5.16 Å². The van der Waals surface area contributed by atoms with Gasteiger partial charge in [-0.05, 0) is 80.5 Å². The van der Waals surface area contributed by atoms with Crippen LogP contribution in [0.15, 0.2) is 29.2 Å². The third kappa shape index (κ3) is 2.98. The first-order valence-corrected chi connectivity index (χ1v) is 12.9. The molecule has 4 nitrogen and oxygen atoms in total. The van der Waals surface area contributed by atoms with E-state index in [0.717, 1.165) is 49.4 Å². The normalized spacial score (nSPS) is 45.4. The molecule has 1 aromatic heterocycles. The number of nitrogens with zero attached hydrogens (tertiary/aromatic N) is 2. The van der Waals surface area contributed by atoms with Crippen molar-refractivity contribution in [3.63, 3.8) is 0 Å². The monoisotopic (exact) mass is 430 g/mol. The molecule has 0 aliphatic heterocycles. The maximum absolute atomic E-state index is 10.7. The summed E-state index contributed by atoms with van der Waals surface area (Å²) in [4.78, 5) is 4.49. The molecule has 1 aromatic rings. The minimum absolute atomic E-state index is 0.0762. The summed E-state index contributed by atoms with van der Waals surface area (Å²) in [6.45, 7) is 4.86. The Bertz CT molecular complexity index is 837. The van der Waals surface area contributed by atoms with Gasteiger partial charge < -0.3 is 14.8 Å². The number of hydrogen-bond donors (Lipinski definition) is 2. The van der Waals surface area contributed by atoms with Crippen molar-refractivity contribution in [2.24, 2.45) is 35.1 Å². The smallest absolute Gasteiger partial charge is 0.167 e. The molecule has 0 bridgehead atoms. The van der Waals surface area contributed by atoms with Gasteiger partial charge in [-0.25, -0.2) is 4.98 Å². The van der Waals surface area contributed by atoms with Crippen molar-refractivity contribution in [3.05, 3.63) is 24.0 Å². The van der Waals surface area contributed by atoms with E-state index in [4.69, 9.17) is 0 Å². The average molecular weight is 431 g/mol. The Labute approximate surface area is 185 Å². The number of allylic oxidation sites excluding steroid dienone is 2. The van der Waals surface area contributed by atoms with Crippen LogP contribution in [0.3, 0.4) is 0 Å². The second kappa shape index (κ2) is 7.38. The lowest BCUT2D eigenvalue weighted by molar-refractivity contribution is -0.0866. The van der Waals surface area contributed by atoms with Gasteiger partial charge in [-0.15, -0.1) is 0 Å². The Balaban J connectivity index is 1.43. The van der Waals surface area contributed by atoms with E-state index in [1.807, 2.05) is 24.2 Å². The van der Waals surface area contributed by atoms with Crippen LogP contribution in [0, 0.1) is 28.1 Å². The number of fused-ring (bicyclic) bond motifs is 5. The highest BCUT2D eigenvalue weighted by molar-refractivity contribution is 7.99. The van der Waals surface area contributed by atoms with Crippen molar-refractivity contribution >= 4 is 11.8 Å². The Morgan fingerprint density at radius 1 is 1.17 bits per heavy atom. The van der Waals surface area contributed by atoms with Gasteiger partial charge in [-0.3, -0.25) is 0 Å². The van der Waals surface area contributed by atoms with Gasteiger partial charge in [0.25, 0.3) is 0 Å². The highest BCUT2D eigenvalue weighted by atomic mass is 32.2. The first kappa shape index (κ1) is 21.1. The van der Waals surface area contributed by atoms with Crippen LogP contribution in [0.1, 0.15) is 71.6 Å². The Kier molecular flexibility index (Phi) is 5.19. The van der Waals surface area contributed by atoms with Gasteiger partial charge in [-0.2, -0.15) is 0 Å². The molecule has 0 saturated heterocycles. The van der Waals surface area contributed by atoms with Crippen molar-refractivity contribution in [2.75, 3.05) is 5.75 Å². The average Bonchev–Trinajstić information content (AvgIpc) is 3.25. The number of aryl methyl sites for hydroxylation is 1. The van der Waals surface area contributed by atoms with Gasteiger partial charge in [0, 0.05) is 30.6 Å². The van der Waals surface area contributed by atoms with Gasteiger partial charge >= 0.3 is 0 Å². The Hall–Kier alpha value is -0.780. The number of aliphatic hydroxyl groups excluding tert-OH is 2. The SMILES string of the molecule is Cn1ccnc1SCCC12CC[C@@H]3C(=CC[C@]4(C)C(O)CC[C@@H]34)[C@@]1(C)CCC(O)C2. The lowest BCUT2D eigenvalue weighted by Gasteiger charge is -2.62. The zero-order chi connectivity index (χ0) is 21.1.